The molecule has 0 aliphatic carbocycles. The van der Waals surface area contributed by atoms with E-state index in [0.717, 1.165) is 15.1 Å². The molecule has 3 heterocycles. The molecule has 0 nitrogen and oxygen atoms in total. The Balaban J connectivity index is 2.15. The van der Waals surface area contributed by atoms with Gasteiger partial charge in [0.15, 0.2) is 0 Å². The van der Waals surface area contributed by atoms with Crippen LogP contribution in [0.15, 0.2) is 7.99 Å². The second-order valence-corrected chi connectivity index (χ2v) is 49.6. The first kappa shape index (κ1) is 31.3. The van der Waals surface area contributed by atoms with Gasteiger partial charge in [-0.25, -0.2) is 0 Å². The van der Waals surface area contributed by atoms with Crippen LogP contribution in [0.25, 0.3) is 4.91 Å². The van der Waals surface area contributed by atoms with Crippen molar-refractivity contribution in [2.24, 2.45) is 11.8 Å². The summed E-state index contributed by atoms with van der Waals surface area (Å²) < 4.78 is 6.92. The fourth-order valence-electron chi connectivity index (χ4n) is 5.95. The third-order valence-electron chi connectivity index (χ3n) is 8.20. The molecule has 0 amide bonds. The molecule has 2 aliphatic heterocycles. The van der Waals surface area contributed by atoms with Gasteiger partial charge >= 0.3 is 243 Å². The summed E-state index contributed by atoms with van der Waals surface area (Å²) in [6.07, 6.45) is 13.8. The Hall–Kier alpha value is 1.80. The topological polar surface area (TPSA) is 0 Å². The number of hydrogen-bond donors (Lipinski definition) is 0. The Labute approximate surface area is 240 Å². The molecule has 3 rings (SSSR count). The first-order valence-electron chi connectivity index (χ1n) is 14.7. The molecular formula is C30H53GeS2Sn2. The fraction of sp³-hybridized carbons (Fsp3) is 0.767. The molecule has 0 spiro atoms. The molecule has 0 saturated carbocycles. The summed E-state index contributed by atoms with van der Waals surface area (Å²) in [5.41, 5.74) is 1.86. The predicted molar refractivity (Wildman–Crippen MR) is 171 cm³/mol. The van der Waals surface area contributed by atoms with E-state index in [1.807, 2.05) is 28.3 Å². The molecule has 197 valence electrons. The van der Waals surface area contributed by atoms with Crippen LogP contribution in [0, 0.1) is 15.1 Å². The van der Waals surface area contributed by atoms with Crippen molar-refractivity contribution in [2.45, 2.75) is 125 Å². The average molecular weight is 788 g/mol. The second kappa shape index (κ2) is 13.4. The Morgan fingerprint density at radius 2 is 1.40 bits per heavy atom. The molecular weight excluding hydrogens is 734 g/mol. The first-order chi connectivity index (χ1) is 16.5. The number of unbranched alkanes of at least 4 members (excludes halogenated alkanes) is 2. The quantitative estimate of drug-likeness (QED) is 0.170. The van der Waals surface area contributed by atoms with Gasteiger partial charge in [0.1, 0.15) is 0 Å². The molecule has 35 heavy (non-hydrogen) atoms. The van der Waals surface area contributed by atoms with Gasteiger partial charge in [-0.3, -0.25) is 0 Å². The van der Waals surface area contributed by atoms with E-state index >= 15 is 0 Å². The van der Waals surface area contributed by atoms with Crippen LogP contribution in [0.1, 0.15) is 89.5 Å². The van der Waals surface area contributed by atoms with Gasteiger partial charge in [-0.1, -0.05) is 0 Å². The van der Waals surface area contributed by atoms with E-state index in [1.54, 1.807) is 0 Å². The van der Waals surface area contributed by atoms with Crippen molar-refractivity contribution < 1.29 is 0 Å². The van der Waals surface area contributed by atoms with Gasteiger partial charge in [0.05, 0.1) is 0 Å². The number of hydrogen-bond acceptors (Lipinski definition) is 2. The van der Waals surface area contributed by atoms with Crippen molar-refractivity contribution >= 4 is 79.7 Å². The molecule has 0 saturated heterocycles. The van der Waals surface area contributed by atoms with Crippen molar-refractivity contribution in [3.8, 4) is 0 Å². The second-order valence-electron chi connectivity index (χ2n) is 13.3. The van der Waals surface area contributed by atoms with Crippen molar-refractivity contribution in [2.75, 3.05) is 0 Å². The van der Waals surface area contributed by atoms with Crippen LogP contribution >= 0.6 is 23.1 Å². The first-order valence-corrected chi connectivity index (χ1v) is 38.7. The minimum absolute atomic E-state index is 0.126. The standard InChI is InChI=1S/C24H35GeS2.6CH3.2Sn/c1-5-9-11-17(7-3)15-19-21(16-18(8-4)12-10-6-2)27-24-22(19)23-20(25-24)13-14-26-23;;;;;;;;/h14,17-18H,5-12,15-16H2,1-4H3;6*1H3;;. The summed E-state index contributed by atoms with van der Waals surface area (Å²) in [6, 6.07) is 0. The molecule has 5 heteroatoms. The van der Waals surface area contributed by atoms with E-state index in [9.17, 15) is 0 Å². The Morgan fingerprint density at radius 1 is 0.829 bits per heavy atom. The van der Waals surface area contributed by atoms with Crippen LogP contribution in [0.5, 0.6) is 0 Å². The molecule has 1 aromatic rings. The van der Waals surface area contributed by atoms with E-state index in [-0.39, 0.29) is 15.0 Å². The molecule has 0 fully saturated rings. The molecule has 2 aliphatic rings. The third kappa shape index (κ3) is 7.51. The summed E-state index contributed by atoms with van der Waals surface area (Å²) in [5, 5.41) is 1.84. The molecule has 0 N–H and O–H groups in total. The molecule has 3 unspecified atom stereocenters. The Kier molecular flexibility index (Phi) is 12.0. The summed E-state index contributed by atoms with van der Waals surface area (Å²) in [5.74, 6) is 1.77. The summed E-state index contributed by atoms with van der Waals surface area (Å²) in [4.78, 5) is 20.0. The van der Waals surface area contributed by atoms with E-state index in [0.29, 0.717) is 0 Å². The van der Waals surface area contributed by atoms with E-state index in [2.05, 4.69) is 84.0 Å². The number of fused-ring (bicyclic) bond motifs is 2. The van der Waals surface area contributed by atoms with E-state index in [1.165, 1.54) is 64.2 Å². The van der Waals surface area contributed by atoms with Gasteiger partial charge < -0.3 is 0 Å². The SMILES string of the molecule is CCCCC(CC)Cc1s[c]2c(c1CC(CC)CCCC)=C1S[CH]([Sn]([CH3])([CH3])[CH3])[C]([Sn]([CH3])([CH3])[CH3])=[C]1[Ge]=2. The zero-order valence-corrected chi connectivity index (χ0v) is 34.1. The Morgan fingerprint density at radius 3 is 1.89 bits per heavy atom. The molecule has 3 atom stereocenters. The van der Waals surface area contributed by atoms with Crippen molar-refractivity contribution in [3.63, 3.8) is 0 Å². The number of thioether (sulfide) groups is 1. The zero-order valence-electron chi connectivity index (χ0n) is 24.6. The van der Waals surface area contributed by atoms with Crippen LogP contribution in [0.3, 0.4) is 0 Å². The third-order valence-corrected chi connectivity index (χ3v) is 36.2. The van der Waals surface area contributed by atoms with Gasteiger partial charge in [-0.15, -0.1) is 0 Å². The van der Waals surface area contributed by atoms with Gasteiger partial charge in [-0.05, 0) is 0 Å². The maximum atomic E-state index is 2.72. The minimum atomic E-state index is -2.13. The monoisotopic (exact) mass is 791 g/mol. The molecule has 1 radical (unpaired) electrons. The maximum absolute atomic E-state index is 2.72. The molecule has 0 aromatic carbocycles. The summed E-state index contributed by atoms with van der Waals surface area (Å²) in [6.45, 7) is 9.62. The van der Waals surface area contributed by atoms with Crippen molar-refractivity contribution in [1.82, 2.24) is 0 Å². The van der Waals surface area contributed by atoms with E-state index < -0.39 is 36.8 Å². The average Bonchev–Trinajstić information content (AvgIpc) is 3.41. The van der Waals surface area contributed by atoms with Crippen LogP contribution in [-0.2, 0) is 12.8 Å². The van der Waals surface area contributed by atoms with Gasteiger partial charge in [0.2, 0.25) is 0 Å². The van der Waals surface area contributed by atoms with Crippen LogP contribution in [0.4, 0.5) is 0 Å². The van der Waals surface area contributed by atoms with Gasteiger partial charge in [0.25, 0.3) is 0 Å². The van der Waals surface area contributed by atoms with Gasteiger partial charge in [-0.2, -0.15) is 0 Å². The molecule has 1 aromatic heterocycles. The van der Waals surface area contributed by atoms with Crippen molar-refractivity contribution in [1.29, 1.82) is 0 Å². The predicted octanol–water partition coefficient (Wildman–Crippen LogP) is 9.47. The number of rotatable bonds is 14. The zero-order chi connectivity index (χ0) is 26.0. The molecule has 0 bridgehead atoms. The van der Waals surface area contributed by atoms with E-state index in [4.69, 9.17) is 0 Å². The summed E-state index contributed by atoms with van der Waals surface area (Å²) >= 11 is 0.401. The number of thiophene rings is 1. The van der Waals surface area contributed by atoms with Crippen LogP contribution in [-0.4, -0.2) is 55.0 Å². The van der Waals surface area contributed by atoms with Crippen LogP contribution in [0.2, 0.25) is 29.6 Å². The summed E-state index contributed by atoms with van der Waals surface area (Å²) in [7, 11) is 0. The van der Waals surface area contributed by atoms with Crippen molar-refractivity contribution in [3.05, 3.63) is 27.0 Å². The fourth-order valence-corrected chi connectivity index (χ4v) is 52.2. The Bertz CT molecular complexity index is 1020. The van der Waals surface area contributed by atoms with Crippen LogP contribution < -0.4 is 5.22 Å². The normalized spacial score (nSPS) is 19.7. The van der Waals surface area contributed by atoms with Gasteiger partial charge in [0, 0.05) is 0 Å².